The monoisotopic (exact) mass is 221 g/mol. The first-order chi connectivity index (χ1) is 6.28. The normalized spacial score (nSPS) is 38.9. The second-order valence-electron chi connectivity index (χ2n) is 4.79. The van der Waals surface area contributed by atoms with Crippen LogP contribution in [0.15, 0.2) is 0 Å². The van der Waals surface area contributed by atoms with E-state index in [4.69, 9.17) is 10.3 Å². The van der Waals surface area contributed by atoms with E-state index in [9.17, 15) is 8.42 Å². The minimum absolute atomic E-state index is 0.189. The summed E-state index contributed by atoms with van der Waals surface area (Å²) in [4.78, 5) is 0. The van der Waals surface area contributed by atoms with E-state index in [1.807, 2.05) is 0 Å². The van der Waals surface area contributed by atoms with E-state index in [2.05, 4.69) is 13.8 Å². The van der Waals surface area contributed by atoms with Crippen LogP contribution in [0.3, 0.4) is 0 Å². The molecule has 0 unspecified atom stereocenters. The molecule has 0 aromatic heterocycles. The van der Waals surface area contributed by atoms with Gasteiger partial charge in [-0.3, -0.25) is 4.55 Å². The predicted octanol–water partition coefficient (Wildman–Crippen LogP) is 0.885. The molecule has 0 aromatic carbocycles. The average Bonchev–Trinajstić information content (AvgIpc) is 2.25. The highest BCUT2D eigenvalue weighted by Gasteiger charge is 2.43. The van der Waals surface area contributed by atoms with Crippen molar-refractivity contribution in [1.82, 2.24) is 0 Å². The zero-order valence-electron chi connectivity index (χ0n) is 8.73. The topological polar surface area (TPSA) is 80.4 Å². The Kier molecular flexibility index (Phi) is 3.23. The summed E-state index contributed by atoms with van der Waals surface area (Å²) >= 11 is 0. The van der Waals surface area contributed by atoms with Crippen molar-refractivity contribution in [3.05, 3.63) is 0 Å². The maximum Gasteiger partial charge on any atom is 0.265 e. The van der Waals surface area contributed by atoms with Crippen LogP contribution < -0.4 is 5.73 Å². The molecule has 0 amide bonds. The summed E-state index contributed by atoms with van der Waals surface area (Å²) in [5.74, 6) is 0.783. The minimum Gasteiger partial charge on any atom is -0.330 e. The summed E-state index contributed by atoms with van der Waals surface area (Å²) in [6.07, 6.45) is 1.59. The van der Waals surface area contributed by atoms with Gasteiger partial charge in [-0.2, -0.15) is 8.42 Å². The first kappa shape index (κ1) is 11.9. The lowest BCUT2D eigenvalue weighted by Crippen LogP contribution is -2.35. The van der Waals surface area contributed by atoms with Crippen molar-refractivity contribution in [3.63, 3.8) is 0 Å². The molecule has 0 saturated heterocycles. The Morgan fingerprint density at radius 2 is 1.79 bits per heavy atom. The molecule has 1 aliphatic carbocycles. The molecule has 1 rings (SSSR count). The third-order valence-electron chi connectivity index (χ3n) is 3.40. The van der Waals surface area contributed by atoms with Crippen molar-refractivity contribution >= 4 is 10.1 Å². The molecule has 0 bridgehead atoms. The van der Waals surface area contributed by atoms with Crippen LogP contribution in [0.5, 0.6) is 0 Å². The molecule has 3 N–H and O–H groups in total. The van der Waals surface area contributed by atoms with Gasteiger partial charge >= 0.3 is 0 Å². The van der Waals surface area contributed by atoms with E-state index < -0.39 is 15.5 Å². The fraction of sp³-hybridized carbons (Fsp3) is 1.00. The van der Waals surface area contributed by atoms with Gasteiger partial charge in [-0.25, -0.2) is 0 Å². The van der Waals surface area contributed by atoms with Crippen LogP contribution >= 0.6 is 0 Å². The van der Waals surface area contributed by atoms with E-state index >= 15 is 0 Å². The van der Waals surface area contributed by atoms with Gasteiger partial charge in [-0.15, -0.1) is 0 Å². The van der Waals surface area contributed by atoms with E-state index in [1.165, 1.54) is 0 Å². The lowest BCUT2D eigenvalue weighted by Gasteiger charge is -2.25. The van der Waals surface area contributed by atoms with E-state index in [0.29, 0.717) is 18.4 Å². The molecule has 1 fully saturated rings. The fourth-order valence-electron chi connectivity index (χ4n) is 2.58. The SMILES string of the molecule is C[C@@H]1C[C@@](CN)(CS(=O)(=O)O)C[C@@H]1C. The Bertz CT molecular complexity index is 289. The molecule has 0 heterocycles. The summed E-state index contributed by atoms with van der Waals surface area (Å²) in [6.45, 7) is 4.54. The second kappa shape index (κ2) is 3.79. The van der Waals surface area contributed by atoms with Crippen molar-refractivity contribution < 1.29 is 13.0 Å². The lowest BCUT2D eigenvalue weighted by atomic mass is 9.87. The highest BCUT2D eigenvalue weighted by atomic mass is 32.2. The zero-order chi connectivity index (χ0) is 11.0. The highest BCUT2D eigenvalue weighted by molar-refractivity contribution is 7.85. The Hall–Kier alpha value is -0.130. The first-order valence-corrected chi connectivity index (χ1v) is 6.54. The third kappa shape index (κ3) is 2.68. The van der Waals surface area contributed by atoms with Gasteiger partial charge in [0.2, 0.25) is 0 Å². The van der Waals surface area contributed by atoms with Gasteiger partial charge in [-0.1, -0.05) is 13.8 Å². The molecule has 0 aliphatic heterocycles. The maximum atomic E-state index is 10.9. The lowest BCUT2D eigenvalue weighted by molar-refractivity contribution is 0.324. The molecule has 0 radical (unpaired) electrons. The van der Waals surface area contributed by atoms with Gasteiger partial charge in [0.05, 0.1) is 5.75 Å². The molecule has 3 atom stereocenters. The molecule has 0 spiro atoms. The zero-order valence-corrected chi connectivity index (χ0v) is 9.55. The van der Waals surface area contributed by atoms with Gasteiger partial charge in [0.1, 0.15) is 0 Å². The van der Waals surface area contributed by atoms with Gasteiger partial charge < -0.3 is 5.73 Å². The molecule has 4 nitrogen and oxygen atoms in total. The van der Waals surface area contributed by atoms with E-state index in [-0.39, 0.29) is 5.75 Å². The second-order valence-corrected chi connectivity index (χ2v) is 6.25. The summed E-state index contributed by atoms with van der Waals surface area (Å²) in [7, 11) is -3.90. The number of nitrogens with two attached hydrogens (primary N) is 1. The molecule has 14 heavy (non-hydrogen) atoms. The minimum atomic E-state index is -3.90. The van der Waals surface area contributed by atoms with Crippen LogP contribution in [0.2, 0.25) is 0 Å². The first-order valence-electron chi connectivity index (χ1n) is 4.93. The quantitative estimate of drug-likeness (QED) is 0.693. The smallest absolute Gasteiger partial charge is 0.265 e. The maximum absolute atomic E-state index is 10.9. The predicted molar refractivity (Wildman–Crippen MR) is 55.5 cm³/mol. The van der Waals surface area contributed by atoms with Gasteiger partial charge in [0.25, 0.3) is 10.1 Å². The standard InChI is InChI=1S/C9H19NO3S/c1-7-3-9(5-10,4-8(7)2)6-14(11,12)13/h7-8H,3-6,10H2,1-2H3,(H,11,12,13)/t7-,8+,9-. The van der Waals surface area contributed by atoms with Gasteiger partial charge in [0, 0.05) is 0 Å². The van der Waals surface area contributed by atoms with Gasteiger partial charge in [-0.05, 0) is 36.6 Å². The number of hydrogen-bond acceptors (Lipinski definition) is 3. The summed E-state index contributed by atoms with van der Waals surface area (Å²) in [5.41, 5.74) is 5.23. The van der Waals surface area contributed by atoms with Crippen LogP contribution in [-0.4, -0.2) is 25.3 Å². The molecule has 1 aliphatic rings. The Balaban J connectivity index is 2.80. The van der Waals surface area contributed by atoms with E-state index in [0.717, 1.165) is 12.8 Å². The summed E-state index contributed by atoms with van der Waals surface area (Å²) < 4.78 is 30.6. The average molecular weight is 221 g/mol. The van der Waals surface area contributed by atoms with Crippen molar-refractivity contribution in [1.29, 1.82) is 0 Å². The molecular weight excluding hydrogens is 202 g/mol. The van der Waals surface area contributed by atoms with E-state index in [1.54, 1.807) is 0 Å². The summed E-state index contributed by atoms with van der Waals surface area (Å²) in [5, 5.41) is 0. The van der Waals surface area contributed by atoms with Crippen molar-refractivity contribution in [2.24, 2.45) is 23.0 Å². The highest BCUT2D eigenvalue weighted by Crippen LogP contribution is 2.45. The summed E-state index contributed by atoms with van der Waals surface area (Å²) in [6, 6.07) is 0. The van der Waals surface area contributed by atoms with Crippen LogP contribution in [0.1, 0.15) is 26.7 Å². The van der Waals surface area contributed by atoms with Crippen LogP contribution in [0.25, 0.3) is 0 Å². The Morgan fingerprint density at radius 3 is 2.07 bits per heavy atom. The number of rotatable bonds is 3. The third-order valence-corrected chi connectivity index (χ3v) is 4.38. The molecule has 1 saturated carbocycles. The number of hydrogen-bond donors (Lipinski definition) is 2. The Labute approximate surface area is 85.6 Å². The largest absolute Gasteiger partial charge is 0.330 e. The molecule has 0 aromatic rings. The molecule has 84 valence electrons. The Morgan fingerprint density at radius 1 is 1.36 bits per heavy atom. The molecular formula is C9H19NO3S. The van der Waals surface area contributed by atoms with Crippen molar-refractivity contribution in [2.75, 3.05) is 12.3 Å². The van der Waals surface area contributed by atoms with Crippen LogP contribution in [0.4, 0.5) is 0 Å². The van der Waals surface area contributed by atoms with Crippen LogP contribution in [0, 0.1) is 17.3 Å². The van der Waals surface area contributed by atoms with Crippen molar-refractivity contribution in [2.45, 2.75) is 26.7 Å². The fourth-order valence-corrected chi connectivity index (χ4v) is 3.71. The molecule has 5 heteroatoms. The van der Waals surface area contributed by atoms with Gasteiger partial charge in [0.15, 0.2) is 0 Å². The van der Waals surface area contributed by atoms with Crippen LogP contribution in [-0.2, 0) is 10.1 Å². The van der Waals surface area contributed by atoms with Crippen molar-refractivity contribution in [3.8, 4) is 0 Å².